The molecule has 1 radical (unpaired) electrons. The van der Waals surface area contributed by atoms with E-state index in [1.807, 2.05) is 0 Å². The number of rotatable bonds is 5. The zero-order valence-corrected chi connectivity index (χ0v) is 18.7. The van der Waals surface area contributed by atoms with E-state index in [2.05, 4.69) is 111 Å². The highest BCUT2D eigenvalue weighted by molar-refractivity contribution is 6.61. The first-order valence-corrected chi connectivity index (χ1v) is 13.0. The molecule has 1 aliphatic carbocycles. The third-order valence-electron chi connectivity index (χ3n) is 6.55. The van der Waals surface area contributed by atoms with Gasteiger partial charge in [-0.3, -0.25) is 0 Å². The average Bonchev–Trinajstić information content (AvgIpc) is 3.14. The van der Waals surface area contributed by atoms with Gasteiger partial charge in [-0.2, -0.15) is 0 Å². The van der Waals surface area contributed by atoms with Crippen LogP contribution in [0.25, 0.3) is 33.4 Å². The molecule has 1 aliphatic rings. The zero-order chi connectivity index (χ0) is 20.5. The minimum atomic E-state index is -0.520. The molecule has 0 aromatic heterocycles. The van der Waals surface area contributed by atoms with Crippen molar-refractivity contribution in [3.63, 3.8) is 0 Å². The molecule has 0 atom stereocenters. The molecule has 0 nitrogen and oxygen atoms in total. The summed E-state index contributed by atoms with van der Waals surface area (Å²) in [6.07, 6.45) is 0. The SMILES string of the molecule is CC[Si](CC)C1c2cc(-c3ccccc3)ccc2-c2ccc(-c3ccccc3)cc21. The topological polar surface area (TPSA) is 0 Å². The predicted molar refractivity (Wildman–Crippen MR) is 131 cm³/mol. The number of hydrogen-bond donors (Lipinski definition) is 0. The Balaban J connectivity index is 1.67. The van der Waals surface area contributed by atoms with E-state index in [1.54, 1.807) is 11.1 Å². The summed E-state index contributed by atoms with van der Waals surface area (Å²) >= 11 is 0. The molecule has 5 rings (SSSR count). The van der Waals surface area contributed by atoms with E-state index < -0.39 is 8.80 Å². The Morgan fingerprint density at radius 1 is 0.533 bits per heavy atom. The molecule has 0 fully saturated rings. The fourth-order valence-corrected chi connectivity index (χ4v) is 7.65. The predicted octanol–water partition coefficient (Wildman–Crippen LogP) is 8.21. The molecule has 0 unspecified atom stereocenters. The lowest BCUT2D eigenvalue weighted by atomic mass is 9.98. The van der Waals surface area contributed by atoms with Crippen molar-refractivity contribution in [3.8, 4) is 33.4 Å². The van der Waals surface area contributed by atoms with Gasteiger partial charge in [0.05, 0.1) is 8.80 Å². The van der Waals surface area contributed by atoms with Gasteiger partial charge in [-0.15, -0.1) is 0 Å². The van der Waals surface area contributed by atoms with E-state index in [9.17, 15) is 0 Å². The third kappa shape index (κ3) is 3.24. The highest BCUT2D eigenvalue weighted by Gasteiger charge is 2.34. The van der Waals surface area contributed by atoms with Crippen LogP contribution in [-0.2, 0) is 0 Å². The lowest BCUT2D eigenvalue weighted by molar-refractivity contribution is 1.10. The summed E-state index contributed by atoms with van der Waals surface area (Å²) in [7, 11) is -0.520. The van der Waals surface area contributed by atoms with Gasteiger partial charge < -0.3 is 0 Å². The van der Waals surface area contributed by atoms with E-state index in [-0.39, 0.29) is 0 Å². The van der Waals surface area contributed by atoms with Gasteiger partial charge in [0.25, 0.3) is 0 Å². The van der Waals surface area contributed by atoms with Crippen molar-refractivity contribution in [3.05, 3.63) is 108 Å². The molecule has 147 valence electrons. The first-order chi connectivity index (χ1) is 14.8. The minimum absolute atomic E-state index is 0.520. The summed E-state index contributed by atoms with van der Waals surface area (Å²) in [5.41, 5.74) is 11.8. The summed E-state index contributed by atoms with van der Waals surface area (Å²) in [6.45, 7) is 4.77. The maximum absolute atomic E-state index is 2.48. The van der Waals surface area contributed by atoms with Gasteiger partial charge in [0.15, 0.2) is 0 Å². The molecule has 0 bridgehead atoms. The largest absolute Gasteiger partial charge is 0.0679 e. The van der Waals surface area contributed by atoms with Crippen LogP contribution in [0.5, 0.6) is 0 Å². The second kappa shape index (κ2) is 8.08. The van der Waals surface area contributed by atoms with Crippen LogP contribution in [0.4, 0.5) is 0 Å². The first-order valence-electron chi connectivity index (χ1n) is 11.0. The van der Waals surface area contributed by atoms with Gasteiger partial charge in [-0.25, -0.2) is 0 Å². The number of benzene rings is 4. The van der Waals surface area contributed by atoms with E-state index in [0.717, 1.165) is 0 Å². The number of hydrogen-bond acceptors (Lipinski definition) is 0. The first kappa shape index (κ1) is 19.1. The molecule has 0 aliphatic heterocycles. The van der Waals surface area contributed by atoms with Crippen molar-refractivity contribution in [1.82, 2.24) is 0 Å². The fourth-order valence-electron chi connectivity index (χ4n) is 4.98. The van der Waals surface area contributed by atoms with Crippen LogP contribution < -0.4 is 0 Å². The second-order valence-corrected chi connectivity index (χ2v) is 11.4. The van der Waals surface area contributed by atoms with Crippen LogP contribution in [0.3, 0.4) is 0 Å². The van der Waals surface area contributed by atoms with Gasteiger partial charge in [-0.05, 0) is 44.5 Å². The van der Waals surface area contributed by atoms with Crippen molar-refractivity contribution < 1.29 is 0 Å². The van der Waals surface area contributed by atoms with Crippen molar-refractivity contribution in [2.24, 2.45) is 0 Å². The van der Waals surface area contributed by atoms with Crippen molar-refractivity contribution >= 4 is 8.80 Å². The second-order valence-electron chi connectivity index (χ2n) is 8.13. The van der Waals surface area contributed by atoms with Gasteiger partial charge in [0.2, 0.25) is 0 Å². The minimum Gasteiger partial charge on any atom is -0.0679 e. The molecule has 0 heterocycles. The quantitative estimate of drug-likeness (QED) is 0.294. The molecule has 4 aromatic rings. The fraction of sp³-hybridized carbons (Fsp3) is 0.172. The Labute approximate surface area is 181 Å². The molecule has 30 heavy (non-hydrogen) atoms. The van der Waals surface area contributed by atoms with Crippen LogP contribution in [0.2, 0.25) is 12.1 Å². The zero-order valence-electron chi connectivity index (χ0n) is 17.7. The van der Waals surface area contributed by atoms with Crippen LogP contribution in [0.1, 0.15) is 30.5 Å². The van der Waals surface area contributed by atoms with Gasteiger partial charge in [0, 0.05) is 5.54 Å². The molecular weight excluding hydrogens is 376 g/mol. The van der Waals surface area contributed by atoms with Crippen molar-refractivity contribution in [2.75, 3.05) is 0 Å². The molecule has 0 N–H and O–H groups in total. The van der Waals surface area contributed by atoms with Gasteiger partial charge in [-0.1, -0.05) is 123 Å². The maximum atomic E-state index is 2.48. The Morgan fingerprint density at radius 2 is 0.967 bits per heavy atom. The monoisotopic (exact) mass is 403 g/mol. The molecule has 1 heteroatoms. The van der Waals surface area contributed by atoms with Gasteiger partial charge >= 0.3 is 0 Å². The highest BCUT2D eigenvalue weighted by Crippen LogP contribution is 2.49. The Hall–Kier alpha value is -2.90. The average molecular weight is 404 g/mol. The Bertz CT molecular complexity index is 1070. The Morgan fingerprint density at radius 3 is 1.37 bits per heavy atom. The molecule has 0 amide bonds. The summed E-state index contributed by atoms with van der Waals surface area (Å²) in [4.78, 5) is 0. The van der Waals surface area contributed by atoms with E-state index in [4.69, 9.17) is 0 Å². The van der Waals surface area contributed by atoms with E-state index in [0.29, 0.717) is 5.54 Å². The summed E-state index contributed by atoms with van der Waals surface area (Å²) < 4.78 is 0. The molecule has 0 saturated carbocycles. The number of fused-ring (bicyclic) bond motifs is 3. The van der Waals surface area contributed by atoms with Crippen molar-refractivity contribution in [2.45, 2.75) is 31.5 Å². The van der Waals surface area contributed by atoms with E-state index >= 15 is 0 Å². The lowest BCUT2D eigenvalue weighted by Gasteiger charge is -2.22. The smallest absolute Gasteiger partial charge is 0.0616 e. The van der Waals surface area contributed by atoms with E-state index in [1.165, 1.54) is 45.5 Å². The molecule has 4 aromatic carbocycles. The van der Waals surface area contributed by atoms with Crippen molar-refractivity contribution in [1.29, 1.82) is 0 Å². The summed E-state index contributed by atoms with van der Waals surface area (Å²) in [5.74, 6) is 0. The van der Waals surface area contributed by atoms with Crippen LogP contribution in [0.15, 0.2) is 97.1 Å². The summed E-state index contributed by atoms with van der Waals surface area (Å²) in [6, 6.07) is 38.5. The van der Waals surface area contributed by atoms with Crippen LogP contribution >= 0.6 is 0 Å². The Kier molecular flexibility index (Phi) is 5.14. The maximum Gasteiger partial charge on any atom is 0.0616 e. The van der Waals surface area contributed by atoms with Crippen LogP contribution in [-0.4, -0.2) is 8.80 Å². The molecule has 0 spiro atoms. The molecule has 0 saturated heterocycles. The normalized spacial score (nSPS) is 12.8. The van der Waals surface area contributed by atoms with Gasteiger partial charge in [0.1, 0.15) is 0 Å². The van der Waals surface area contributed by atoms with Crippen LogP contribution in [0, 0.1) is 0 Å². The highest BCUT2D eigenvalue weighted by atomic mass is 28.3. The molecular formula is C29H27Si. The summed E-state index contributed by atoms with van der Waals surface area (Å²) in [5, 5.41) is 0. The lowest BCUT2D eigenvalue weighted by Crippen LogP contribution is -2.21. The standard InChI is InChI=1S/C29H27Si/c1-3-30(4-2)29-27-19-23(21-11-7-5-8-12-21)15-17-25(27)26-18-16-24(20-28(26)29)22-13-9-6-10-14-22/h5-20,29H,3-4H2,1-2H3. The third-order valence-corrected chi connectivity index (χ3v) is 9.80.